The van der Waals surface area contributed by atoms with E-state index in [0.717, 1.165) is 16.6 Å². The maximum atomic E-state index is 5.38. The normalized spacial score (nSPS) is 12.7. The topological polar surface area (TPSA) is 22.2 Å². The molecule has 0 atom stereocenters. The molecule has 4 heteroatoms. The Hall–Kier alpha value is -5.97. The van der Waals surface area contributed by atoms with E-state index in [0.29, 0.717) is 0 Å². The number of para-hydroxylation sites is 1. The molecular weight excluding hydrogens is 591 g/mol. The van der Waals surface area contributed by atoms with Gasteiger partial charge in [0.1, 0.15) is 5.65 Å². The molecule has 3 nitrogen and oxygen atoms in total. The Morgan fingerprint density at radius 1 is 0.426 bits per heavy atom. The molecule has 0 unspecified atom stereocenters. The van der Waals surface area contributed by atoms with Crippen molar-refractivity contribution in [3.63, 3.8) is 0 Å². The molecular formula is C43H23N3S. The molecule has 1 aliphatic rings. The molecule has 0 N–H and O–H groups in total. The van der Waals surface area contributed by atoms with Gasteiger partial charge in [0.05, 0.1) is 33.3 Å². The number of thiophene rings is 1. The maximum absolute atomic E-state index is 5.38. The van der Waals surface area contributed by atoms with E-state index in [1.54, 1.807) is 0 Å². The van der Waals surface area contributed by atoms with Gasteiger partial charge in [-0.1, -0.05) is 109 Å². The summed E-state index contributed by atoms with van der Waals surface area (Å²) in [6, 6.07) is 51.3. The lowest BCUT2D eigenvalue weighted by molar-refractivity contribution is 1.20. The highest BCUT2D eigenvalue weighted by molar-refractivity contribution is 7.26. The van der Waals surface area contributed by atoms with Gasteiger partial charge in [0, 0.05) is 41.7 Å². The average Bonchev–Trinajstić information content (AvgIpc) is 3.87. The van der Waals surface area contributed by atoms with E-state index in [2.05, 4.69) is 148 Å². The number of aromatic nitrogens is 3. The molecule has 0 fully saturated rings. The van der Waals surface area contributed by atoms with E-state index in [9.17, 15) is 0 Å². The van der Waals surface area contributed by atoms with Crippen LogP contribution in [0, 0.1) is 0 Å². The van der Waals surface area contributed by atoms with Crippen LogP contribution in [0.4, 0.5) is 0 Å². The zero-order chi connectivity index (χ0) is 30.4. The van der Waals surface area contributed by atoms with Crippen molar-refractivity contribution >= 4 is 91.7 Å². The predicted octanol–water partition coefficient (Wildman–Crippen LogP) is 11.9. The Bertz CT molecular complexity index is 3160. The summed E-state index contributed by atoms with van der Waals surface area (Å²) in [5, 5.41) is 8.77. The van der Waals surface area contributed by atoms with Crippen molar-refractivity contribution < 1.29 is 0 Å². The third kappa shape index (κ3) is 2.87. The highest BCUT2D eigenvalue weighted by Gasteiger charge is 2.26. The van der Waals surface area contributed by atoms with Crippen molar-refractivity contribution in [1.82, 2.24) is 14.0 Å². The molecule has 0 amide bonds. The first-order valence-corrected chi connectivity index (χ1v) is 16.9. The van der Waals surface area contributed by atoms with Crippen molar-refractivity contribution in [3.05, 3.63) is 140 Å². The fourth-order valence-corrected chi connectivity index (χ4v) is 9.70. The van der Waals surface area contributed by atoms with Crippen molar-refractivity contribution in [2.24, 2.45) is 0 Å². The lowest BCUT2D eigenvalue weighted by Crippen LogP contribution is -1.98. The van der Waals surface area contributed by atoms with E-state index in [-0.39, 0.29) is 0 Å². The molecule has 216 valence electrons. The first kappa shape index (κ1) is 24.3. The average molecular weight is 614 g/mol. The van der Waals surface area contributed by atoms with Crippen LogP contribution in [-0.4, -0.2) is 14.0 Å². The Kier molecular flexibility index (Phi) is 4.36. The van der Waals surface area contributed by atoms with Crippen LogP contribution in [-0.2, 0) is 0 Å². The van der Waals surface area contributed by atoms with Crippen LogP contribution >= 0.6 is 11.3 Å². The summed E-state index contributed by atoms with van der Waals surface area (Å²) in [7, 11) is 0. The summed E-state index contributed by atoms with van der Waals surface area (Å²) in [4.78, 5) is 5.38. The number of hydrogen-bond donors (Lipinski definition) is 0. The van der Waals surface area contributed by atoms with Crippen molar-refractivity contribution in [2.75, 3.05) is 0 Å². The standard InChI is InChI=1S/C43H23N3S/c1-2-11-25-24(10-1)26-16-9-17-30-35(22-20-27(25)38(26)30)45-34-18-7-5-14-31(34)41-40(45)28-12-3-4-13-29(28)43-44-33-21-23-37-39(42(33)46(41)43)32-15-6-8-19-36(32)47-37/h1-23H. The third-order valence-electron chi connectivity index (χ3n) is 10.4. The third-order valence-corrected chi connectivity index (χ3v) is 11.6. The molecule has 12 rings (SSSR count). The highest BCUT2D eigenvalue weighted by Crippen LogP contribution is 2.50. The summed E-state index contributed by atoms with van der Waals surface area (Å²) < 4.78 is 7.59. The minimum atomic E-state index is 1.00. The number of pyridine rings is 1. The molecule has 0 bridgehead atoms. The van der Waals surface area contributed by atoms with E-state index >= 15 is 0 Å². The molecule has 1 aliphatic carbocycles. The van der Waals surface area contributed by atoms with Gasteiger partial charge in [-0.2, -0.15) is 0 Å². The molecule has 47 heavy (non-hydrogen) atoms. The van der Waals surface area contributed by atoms with E-state index in [4.69, 9.17) is 4.98 Å². The van der Waals surface area contributed by atoms with Gasteiger partial charge in [0.15, 0.2) is 0 Å². The molecule has 4 aromatic heterocycles. The number of benzene rings is 7. The minimum Gasteiger partial charge on any atom is -0.306 e. The number of nitrogens with zero attached hydrogens (tertiary/aromatic N) is 3. The second kappa shape index (κ2) is 8.43. The van der Waals surface area contributed by atoms with Crippen LogP contribution in [0.25, 0.3) is 108 Å². The SMILES string of the molecule is c1ccc2c(c1)-c1cccc3c(-n4c5ccccc5c5c4c4ccccc4c4nc6ccc7sc8ccccc8c7c6n45)ccc-2c13. The summed E-state index contributed by atoms with van der Waals surface area (Å²) >= 11 is 1.86. The zero-order valence-electron chi connectivity index (χ0n) is 25.0. The monoisotopic (exact) mass is 613 g/mol. The van der Waals surface area contributed by atoms with Crippen LogP contribution in [0.3, 0.4) is 0 Å². The lowest BCUT2D eigenvalue weighted by atomic mass is 10.0. The predicted molar refractivity (Wildman–Crippen MR) is 199 cm³/mol. The van der Waals surface area contributed by atoms with E-state index in [1.807, 2.05) is 11.3 Å². The Morgan fingerprint density at radius 2 is 1.11 bits per heavy atom. The fourth-order valence-electron chi connectivity index (χ4n) is 8.59. The largest absolute Gasteiger partial charge is 0.306 e. The summed E-state index contributed by atoms with van der Waals surface area (Å²) in [6.07, 6.45) is 0. The molecule has 11 aromatic rings. The van der Waals surface area contributed by atoms with Crippen molar-refractivity contribution in [3.8, 4) is 27.9 Å². The number of imidazole rings is 1. The van der Waals surface area contributed by atoms with Gasteiger partial charge in [-0.3, -0.25) is 4.40 Å². The van der Waals surface area contributed by atoms with Crippen LogP contribution in [0.15, 0.2) is 140 Å². The second-order valence-corrected chi connectivity index (χ2v) is 13.8. The molecule has 7 aromatic carbocycles. The number of fused-ring (bicyclic) bond motifs is 17. The van der Waals surface area contributed by atoms with Crippen LogP contribution in [0.2, 0.25) is 0 Å². The first-order chi connectivity index (χ1) is 23.3. The van der Waals surface area contributed by atoms with Crippen LogP contribution < -0.4 is 0 Å². The lowest BCUT2D eigenvalue weighted by Gasteiger charge is -2.15. The summed E-state index contributed by atoms with van der Waals surface area (Å²) in [5.41, 5.74) is 13.3. The van der Waals surface area contributed by atoms with Gasteiger partial charge in [-0.15, -0.1) is 11.3 Å². The molecule has 0 radical (unpaired) electrons. The van der Waals surface area contributed by atoms with Gasteiger partial charge in [-0.25, -0.2) is 4.98 Å². The molecule has 0 saturated carbocycles. The fraction of sp³-hybridized carbons (Fsp3) is 0. The van der Waals surface area contributed by atoms with Crippen LogP contribution in [0.1, 0.15) is 0 Å². The van der Waals surface area contributed by atoms with E-state index < -0.39 is 0 Å². The quantitative estimate of drug-likeness (QED) is 0.181. The van der Waals surface area contributed by atoms with Gasteiger partial charge in [0.2, 0.25) is 0 Å². The van der Waals surface area contributed by atoms with Crippen molar-refractivity contribution in [1.29, 1.82) is 0 Å². The van der Waals surface area contributed by atoms with Gasteiger partial charge < -0.3 is 4.57 Å². The Balaban J connectivity index is 1.35. The highest BCUT2D eigenvalue weighted by atomic mass is 32.1. The number of hydrogen-bond acceptors (Lipinski definition) is 2. The first-order valence-electron chi connectivity index (χ1n) is 16.1. The minimum absolute atomic E-state index is 1.00. The molecule has 0 saturated heterocycles. The number of rotatable bonds is 1. The molecule has 4 heterocycles. The zero-order valence-corrected chi connectivity index (χ0v) is 25.8. The Morgan fingerprint density at radius 3 is 1.98 bits per heavy atom. The second-order valence-electron chi connectivity index (χ2n) is 12.7. The molecule has 0 aliphatic heterocycles. The smallest absolute Gasteiger partial charge is 0.146 e. The van der Waals surface area contributed by atoms with Crippen LogP contribution in [0.5, 0.6) is 0 Å². The maximum Gasteiger partial charge on any atom is 0.146 e. The van der Waals surface area contributed by atoms with Gasteiger partial charge in [0.25, 0.3) is 0 Å². The molecule has 0 spiro atoms. The van der Waals surface area contributed by atoms with Gasteiger partial charge in [-0.05, 0) is 58.0 Å². The van der Waals surface area contributed by atoms with E-state index in [1.165, 1.54) is 91.7 Å². The summed E-state index contributed by atoms with van der Waals surface area (Å²) in [6.45, 7) is 0. The Labute approximate surface area is 272 Å². The van der Waals surface area contributed by atoms with Crippen molar-refractivity contribution in [2.45, 2.75) is 0 Å². The summed E-state index contributed by atoms with van der Waals surface area (Å²) in [5.74, 6) is 0. The van der Waals surface area contributed by atoms with Gasteiger partial charge >= 0.3 is 0 Å².